The van der Waals surface area contributed by atoms with Gasteiger partial charge in [0.05, 0.1) is 10.7 Å². The van der Waals surface area contributed by atoms with Gasteiger partial charge in [-0.05, 0) is 38.5 Å². The number of nitrogens with zero attached hydrogens (tertiary/aromatic N) is 2. The molecule has 0 N–H and O–H groups in total. The largest absolute Gasteiger partial charge is 0.451 e. The zero-order chi connectivity index (χ0) is 19.5. The van der Waals surface area contributed by atoms with Gasteiger partial charge in [-0.25, -0.2) is 9.78 Å². The summed E-state index contributed by atoms with van der Waals surface area (Å²) in [5.74, 6) is 0.0958. The number of aryl methyl sites for hydroxylation is 1. The van der Waals surface area contributed by atoms with Crippen LogP contribution in [0, 0.1) is 12.8 Å². The van der Waals surface area contributed by atoms with E-state index in [1.54, 1.807) is 0 Å². The van der Waals surface area contributed by atoms with Crippen LogP contribution in [-0.4, -0.2) is 41.0 Å². The third-order valence-electron chi connectivity index (χ3n) is 5.86. The molecule has 1 saturated carbocycles. The first-order valence-corrected chi connectivity index (χ1v) is 10.9. The second kappa shape index (κ2) is 8.43. The van der Waals surface area contributed by atoms with E-state index in [9.17, 15) is 9.59 Å². The summed E-state index contributed by atoms with van der Waals surface area (Å²) in [4.78, 5) is 32.4. The van der Waals surface area contributed by atoms with E-state index in [4.69, 9.17) is 4.74 Å². The lowest BCUT2D eigenvalue weighted by molar-refractivity contribution is -0.140. The molecule has 0 unspecified atom stereocenters. The molecule has 6 heteroatoms. The van der Waals surface area contributed by atoms with E-state index >= 15 is 0 Å². The minimum Gasteiger partial charge on any atom is -0.451 e. The van der Waals surface area contributed by atoms with Crippen LogP contribution in [-0.2, 0) is 9.53 Å². The molecule has 2 fully saturated rings. The summed E-state index contributed by atoms with van der Waals surface area (Å²) in [6.07, 6.45) is 7.02. The summed E-state index contributed by atoms with van der Waals surface area (Å²) < 4.78 is 5.44. The Balaban J connectivity index is 1.43. The Hall–Kier alpha value is -2.21. The maximum Gasteiger partial charge on any atom is 0.351 e. The quantitative estimate of drug-likeness (QED) is 0.714. The molecule has 0 spiro atoms. The number of thiazole rings is 1. The number of amides is 1. The molecule has 2 aliphatic rings. The number of carbonyl (C=O) groups is 2. The van der Waals surface area contributed by atoms with Crippen molar-refractivity contribution in [2.75, 3.05) is 13.2 Å². The lowest BCUT2D eigenvalue weighted by Crippen LogP contribution is -2.50. The molecular formula is C22H26N2O3S. The first kappa shape index (κ1) is 19.1. The van der Waals surface area contributed by atoms with Crippen molar-refractivity contribution >= 4 is 23.2 Å². The molecule has 28 heavy (non-hydrogen) atoms. The molecule has 0 radical (unpaired) electrons. The summed E-state index contributed by atoms with van der Waals surface area (Å²) in [6, 6.07) is 9.94. The third-order valence-corrected chi connectivity index (χ3v) is 6.81. The first-order chi connectivity index (χ1) is 13.6. The predicted octanol–water partition coefficient (Wildman–Crippen LogP) is 4.46. The summed E-state index contributed by atoms with van der Waals surface area (Å²) >= 11 is 1.31. The summed E-state index contributed by atoms with van der Waals surface area (Å²) in [5, 5.41) is 0.804. The number of likely N-dealkylation sites (tertiary alicyclic amines) is 1. The number of benzene rings is 1. The van der Waals surface area contributed by atoms with Gasteiger partial charge in [0.1, 0.15) is 4.88 Å². The lowest BCUT2D eigenvalue weighted by atomic mass is 9.78. The van der Waals surface area contributed by atoms with Gasteiger partial charge in [-0.15, -0.1) is 11.3 Å². The molecule has 1 aromatic heterocycles. The van der Waals surface area contributed by atoms with Gasteiger partial charge in [-0.1, -0.05) is 43.2 Å². The van der Waals surface area contributed by atoms with Crippen molar-refractivity contribution in [3.8, 4) is 11.3 Å². The second-order valence-corrected chi connectivity index (χ2v) is 8.90. The molecule has 1 saturated heterocycles. The van der Waals surface area contributed by atoms with Crippen LogP contribution >= 0.6 is 11.3 Å². The highest BCUT2D eigenvalue weighted by Gasteiger charge is 2.36. The van der Waals surface area contributed by atoms with Crippen LogP contribution in [0.4, 0.5) is 0 Å². The first-order valence-electron chi connectivity index (χ1n) is 10.1. The molecule has 1 aromatic carbocycles. The van der Waals surface area contributed by atoms with Crippen LogP contribution < -0.4 is 0 Å². The van der Waals surface area contributed by atoms with Crippen LogP contribution in [0.15, 0.2) is 30.3 Å². The van der Waals surface area contributed by atoms with E-state index in [0.29, 0.717) is 22.5 Å². The fourth-order valence-corrected chi connectivity index (χ4v) is 5.40. The molecule has 148 valence electrons. The molecule has 1 aliphatic carbocycles. The molecule has 1 amide bonds. The van der Waals surface area contributed by atoms with Gasteiger partial charge < -0.3 is 9.64 Å². The Bertz CT molecular complexity index is 847. The molecule has 2 aromatic rings. The normalized spacial score (nSPS) is 21.8. The maximum atomic E-state index is 12.8. The van der Waals surface area contributed by atoms with Crippen LogP contribution in [0.5, 0.6) is 0 Å². The highest BCUT2D eigenvalue weighted by molar-refractivity contribution is 7.14. The topological polar surface area (TPSA) is 59.5 Å². The molecule has 0 bridgehead atoms. The SMILES string of the molecule is Cc1nc(-c2ccccc2)c(C(=O)OCC(=O)N2CCC[C@H]3CCCC[C@@H]32)s1. The minimum atomic E-state index is -0.463. The number of carbonyl (C=O) groups excluding carboxylic acids is 2. The van der Waals surface area contributed by atoms with Crippen LogP contribution in [0.3, 0.4) is 0 Å². The predicted molar refractivity (Wildman–Crippen MR) is 109 cm³/mol. The van der Waals surface area contributed by atoms with Crippen molar-refractivity contribution in [1.82, 2.24) is 9.88 Å². The molecule has 5 nitrogen and oxygen atoms in total. The van der Waals surface area contributed by atoms with Crippen molar-refractivity contribution in [3.63, 3.8) is 0 Å². The van der Waals surface area contributed by atoms with Crippen molar-refractivity contribution in [2.24, 2.45) is 5.92 Å². The fraction of sp³-hybridized carbons (Fsp3) is 0.500. The van der Waals surface area contributed by atoms with Gasteiger partial charge in [-0.2, -0.15) is 0 Å². The van der Waals surface area contributed by atoms with Crippen LogP contribution in [0.1, 0.15) is 53.2 Å². The Kier molecular flexibility index (Phi) is 5.76. The zero-order valence-electron chi connectivity index (χ0n) is 16.2. The van der Waals surface area contributed by atoms with E-state index in [1.165, 1.54) is 37.0 Å². The van der Waals surface area contributed by atoms with E-state index < -0.39 is 5.97 Å². The highest BCUT2D eigenvalue weighted by atomic mass is 32.1. The second-order valence-electron chi connectivity index (χ2n) is 7.69. The number of piperidine rings is 1. The van der Waals surface area contributed by atoms with Gasteiger partial charge in [0.2, 0.25) is 0 Å². The lowest BCUT2D eigenvalue weighted by Gasteiger charge is -2.44. The van der Waals surface area contributed by atoms with Gasteiger partial charge >= 0.3 is 5.97 Å². The van der Waals surface area contributed by atoms with Crippen molar-refractivity contribution < 1.29 is 14.3 Å². The van der Waals surface area contributed by atoms with E-state index in [1.807, 2.05) is 42.2 Å². The number of aromatic nitrogens is 1. The molecule has 4 rings (SSSR count). The Morgan fingerprint density at radius 3 is 2.71 bits per heavy atom. The summed E-state index contributed by atoms with van der Waals surface area (Å²) in [5.41, 5.74) is 1.51. The summed E-state index contributed by atoms with van der Waals surface area (Å²) in [7, 11) is 0. The van der Waals surface area contributed by atoms with E-state index in [0.717, 1.165) is 30.0 Å². The standard InChI is InChI=1S/C22H26N2O3S/c1-15-23-20(17-9-3-2-4-10-17)21(28-15)22(26)27-14-19(25)24-13-7-11-16-8-5-6-12-18(16)24/h2-4,9-10,16,18H,5-8,11-14H2,1H3/t16-,18+/m1/s1. The molecular weight excluding hydrogens is 372 g/mol. The Labute approximate surface area is 169 Å². The highest BCUT2D eigenvalue weighted by Crippen LogP contribution is 2.35. The molecule has 1 aliphatic heterocycles. The number of esters is 1. The number of ether oxygens (including phenoxy) is 1. The Morgan fingerprint density at radius 1 is 1.14 bits per heavy atom. The monoisotopic (exact) mass is 398 g/mol. The minimum absolute atomic E-state index is 0.0625. The Morgan fingerprint density at radius 2 is 1.89 bits per heavy atom. The van der Waals surface area contributed by atoms with Crippen molar-refractivity contribution in [1.29, 1.82) is 0 Å². The van der Waals surface area contributed by atoms with Crippen LogP contribution in [0.2, 0.25) is 0 Å². The van der Waals surface area contributed by atoms with Gasteiger partial charge in [0, 0.05) is 18.2 Å². The zero-order valence-corrected chi connectivity index (χ0v) is 17.0. The van der Waals surface area contributed by atoms with Gasteiger partial charge in [-0.3, -0.25) is 4.79 Å². The number of fused-ring (bicyclic) bond motifs is 1. The van der Waals surface area contributed by atoms with Crippen molar-refractivity contribution in [2.45, 2.75) is 51.5 Å². The fourth-order valence-electron chi connectivity index (χ4n) is 4.57. The number of hydrogen-bond acceptors (Lipinski definition) is 5. The number of hydrogen-bond donors (Lipinski definition) is 0. The van der Waals surface area contributed by atoms with Gasteiger partial charge in [0.15, 0.2) is 6.61 Å². The number of rotatable bonds is 4. The summed E-state index contributed by atoms with van der Waals surface area (Å²) in [6.45, 7) is 2.47. The molecule has 2 atom stereocenters. The van der Waals surface area contributed by atoms with E-state index in [2.05, 4.69) is 4.98 Å². The third kappa shape index (κ3) is 3.97. The maximum absolute atomic E-state index is 12.8. The van der Waals surface area contributed by atoms with Gasteiger partial charge in [0.25, 0.3) is 5.91 Å². The smallest absolute Gasteiger partial charge is 0.351 e. The molecule has 2 heterocycles. The van der Waals surface area contributed by atoms with Crippen LogP contribution in [0.25, 0.3) is 11.3 Å². The van der Waals surface area contributed by atoms with E-state index in [-0.39, 0.29) is 12.5 Å². The van der Waals surface area contributed by atoms with Crippen molar-refractivity contribution in [3.05, 3.63) is 40.2 Å². The average Bonchev–Trinajstić information content (AvgIpc) is 3.14. The average molecular weight is 399 g/mol.